The van der Waals surface area contributed by atoms with Crippen LogP contribution in [0.3, 0.4) is 0 Å². The van der Waals surface area contributed by atoms with Gasteiger partial charge in [0.2, 0.25) is 0 Å². The summed E-state index contributed by atoms with van der Waals surface area (Å²) in [6.45, 7) is 4.08. The predicted molar refractivity (Wildman–Crippen MR) is 84.5 cm³/mol. The fraction of sp³-hybridized carbons (Fsp3) is 0.286. The van der Waals surface area contributed by atoms with Gasteiger partial charge >= 0.3 is 0 Å². The molecule has 0 fully saturated rings. The van der Waals surface area contributed by atoms with Crippen molar-refractivity contribution in [3.63, 3.8) is 0 Å². The molecule has 0 bridgehead atoms. The van der Waals surface area contributed by atoms with Crippen LogP contribution in [0.5, 0.6) is 0 Å². The van der Waals surface area contributed by atoms with Crippen LogP contribution in [-0.2, 0) is 6.54 Å². The molecule has 0 unspecified atom stereocenters. The van der Waals surface area contributed by atoms with Crippen molar-refractivity contribution in [2.75, 3.05) is 6.54 Å². The molecule has 4 heteroatoms. The Labute approximate surface area is 125 Å². The van der Waals surface area contributed by atoms with Crippen molar-refractivity contribution < 1.29 is 0 Å². The highest BCUT2D eigenvalue weighted by Crippen LogP contribution is 2.35. The van der Waals surface area contributed by atoms with Crippen LogP contribution >= 0.6 is 38.9 Å². The summed E-state index contributed by atoms with van der Waals surface area (Å²) in [7, 11) is 0. The van der Waals surface area contributed by atoms with Crippen molar-refractivity contribution >= 4 is 38.9 Å². The summed E-state index contributed by atoms with van der Waals surface area (Å²) in [5.41, 5.74) is 3.71. The van der Waals surface area contributed by atoms with E-state index in [0.717, 1.165) is 29.0 Å². The summed E-state index contributed by atoms with van der Waals surface area (Å²) >= 11 is 11.4. The number of hydrogen-bond donors (Lipinski definition) is 1. The Morgan fingerprint density at radius 2 is 2.11 bits per heavy atom. The van der Waals surface area contributed by atoms with Gasteiger partial charge < -0.3 is 5.32 Å². The van der Waals surface area contributed by atoms with Gasteiger partial charge in [-0.25, -0.2) is 0 Å². The predicted octanol–water partition coefficient (Wildman–Crippen LogP) is 5.33. The molecule has 1 heterocycles. The van der Waals surface area contributed by atoms with Crippen LogP contribution in [0.1, 0.15) is 18.9 Å². The van der Waals surface area contributed by atoms with E-state index >= 15 is 0 Å². The zero-order valence-electron chi connectivity index (χ0n) is 10.2. The van der Waals surface area contributed by atoms with Crippen molar-refractivity contribution in [1.29, 1.82) is 0 Å². The van der Waals surface area contributed by atoms with Crippen LogP contribution in [0.25, 0.3) is 11.1 Å². The first-order chi connectivity index (χ1) is 8.72. The minimum atomic E-state index is 0.780. The van der Waals surface area contributed by atoms with Gasteiger partial charge in [-0.3, -0.25) is 0 Å². The van der Waals surface area contributed by atoms with Gasteiger partial charge in [0.05, 0.1) is 0 Å². The van der Waals surface area contributed by atoms with Crippen LogP contribution in [0.2, 0.25) is 5.02 Å². The molecule has 0 amide bonds. The maximum Gasteiger partial charge on any atom is 0.0412 e. The van der Waals surface area contributed by atoms with Crippen LogP contribution in [0, 0.1) is 0 Å². The van der Waals surface area contributed by atoms with Gasteiger partial charge in [0.15, 0.2) is 0 Å². The van der Waals surface area contributed by atoms with E-state index in [4.69, 9.17) is 11.6 Å². The van der Waals surface area contributed by atoms with E-state index in [-0.39, 0.29) is 0 Å². The molecule has 0 saturated heterocycles. The van der Waals surface area contributed by atoms with E-state index in [1.54, 1.807) is 11.3 Å². The fourth-order valence-corrected chi connectivity index (χ4v) is 3.51. The standard InChI is InChI=1S/C14H15BrClNS/c1-2-5-17-7-10-3-4-11(16)6-12(10)13-8-18-9-14(13)15/h3-4,6,8-9,17H,2,5,7H2,1H3. The Kier molecular flexibility index (Phi) is 5.25. The van der Waals surface area contributed by atoms with E-state index in [1.165, 1.54) is 16.7 Å². The second kappa shape index (κ2) is 6.71. The summed E-state index contributed by atoms with van der Waals surface area (Å²) < 4.78 is 1.13. The third kappa shape index (κ3) is 3.35. The lowest BCUT2D eigenvalue weighted by atomic mass is 10.0. The minimum absolute atomic E-state index is 0.780. The number of thiophene rings is 1. The second-order valence-electron chi connectivity index (χ2n) is 4.11. The highest BCUT2D eigenvalue weighted by molar-refractivity contribution is 9.10. The highest BCUT2D eigenvalue weighted by Gasteiger charge is 2.10. The highest BCUT2D eigenvalue weighted by atomic mass is 79.9. The molecule has 2 rings (SSSR count). The van der Waals surface area contributed by atoms with Crippen molar-refractivity contribution in [2.45, 2.75) is 19.9 Å². The number of rotatable bonds is 5. The van der Waals surface area contributed by atoms with Crippen LogP contribution < -0.4 is 5.32 Å². The molecule has 0 aliphatic carbocycles. The van der Waals surface area contributed by atoms with Crippen molar-refractivity contribution in [3.05, 3.63) is 44.0 Å². The Bertz CT molecular complexity index is 524. The van der Waals surface area contributed by atoms with E-state index < -0.39 is 0 Å². The Hall–Kier alpha value is -0.350. The first-order valence-electron chi connectivity index (χ1n) is 5.93. The Balaban J connectivity index is 2.32. The summed E-state index contributed by atoms with van der Waals surface area (Å²) in [5.74, 6) is 0. The number of benzene rings is 1. The smallest absolute Gasteiger partial charge is 0.0412 e. The number of hydrogen-bond acceptors (Lipinski definition) is 2. The summed E-state index contributed by atoms with van der Waals surface area (Å²) in [4.78, 5) is 0. The van der Waals surface area contributed by atoms with E-state index in [0.29, 0.717) is 0 Å². The van der Waals surface area contributed by atoms with Gasteiger partial charge in [-0.2, -0.15) is 11.3 Å². The molecular weight excluding hydrogens is 330 g/mol. The largest absolute Gasteiger partial charge is 0.313 e. The van der Waals surface area contributed by atoms with Gasteiger partial charge in [0.25, 0.3) is 0 Å². The number of nitrogens with one attached hydrogen (secondary N) is 1. The quantitative estimate of drug-likeness (QED) is 0.723. The molecule has 0 aliphatic rings. The monoisotopic (exact) mass is 343 g/mol. The van der Waals surface area contributed by atoms with Crippen molar-refractivity contribution in [1.82, 2.24) is 5.32 Å². The van der Waals surface area contributed by atoms with Gasteiger partial charge in [-0.05, 0) is 57.5 Å². The Morgan fingerprint density at radius 1 is 1.28 bits per heavy atom. The van der Waals surface area contributed by atoms with Crippen LogP contribution in [-0.4, -0.2) is 6.54 Å². The van der Waals surface area contributed by atoms with E-state index in [2.05, 4.69) is 45.0 Å². The first-order valence-corrected chi connectivity index (χ1v) is 8.05. The maximum atomic E-state index is 6.12. The average Bonchev–Trinajstić information content (AvgIpc) is 2.77. The second-order valence-corrected chi connectivity index (χ2v) is 6.15. The van der Waals surface area contributed by atoms with Gasteiger partial charge in [0, 0.05) is 27.0 Å². The molecule has 2 aromatic rings. The normalized spacial score (nSPS) is 10.8. The van der Waals surface area contributed by atoms with Crippen LogP contribution in [0.15, 0.2) is 33.4 Å². The first kappa shape index (κ1) is 14.1. The summed E-state index contributed by atoms with van der Waals surface area (Å²) in [5, 5.41) is 8.47. The van der Waals surface area contributed by atoms with Gasteiger partial charge in [-0.15, -0.1) is 0 Å². The summed E-state index contributed by atoms with van der Waals surface area (Å²) in [6.07, 6.45) is 1.14. The SMILES string of the molecule is CCCNCc1ccc(Cl)cc1-c1cscc1Br. The lowest BCUT2D eigenvalue weighted by Gasteiger charge is -2.10. The van der Waals surface area contributed by atoms with Crippen molar-refractivity contribution in [3.8, 4) is 11.1 Å². The maximum absolute atomic E-state index is 6.12. The molecule has 0 spiro atoms. The third-order valence-corrected chi connectivity index (χ3v) is 4.66. The molecule has 0 atom stereocenters. The van der Waals surface area contributed by atoms with Crippen LogP contribution in [0.4, 0.5) is 0 Å². The average molecular weight is 345 g/mol. The molecule has 18 heavy (non-hydrogen) atoms. The lowest BCUT2D eigenvalue weighted by Crippen LogP contribution is -2.14. The molecule has 0 aliphatic heterocycles. The molecule has 1 aromatic carbocycles. The molecule has 1 nitrogen and oxygen atoms in total. The van der Waals surface area contributed by atoms with Gasteiger partial charge in [0.1, 0.15) is 0 Å². The summed E-state index contributed by atoms with van der Waals surface area (Å²) in [6, 6.07) is 6.09. The molecule has 96 valence electrons. The molecule has 0 radical (unpaired) electrons. The lowest BCUT2D eigenvalue weighted by molar-refractivity contribution is 0.676. The van der Waals surface area contributed by atoms with E-state index in [9.17, 15) is 0 Å². The van der Waals surface area contributed by atoms with Crippen molar-refractivity contribution in [2.24, 2.45) is 0 Å². The number of halogens is 2. The van der Waals surface area contributed by atoms with Gasteiger partial charge in [-0.1, -0.05) is 24.6 Å². The zero-order valence-corrected chi connectivity index (χ0v) is 13.3. The topological polar surface area (TPSA) is 12.0 Å². The fourth-order valence-electron chi connectivity index (χ4n) is 1.83. The third-order valence-electron chi connectivity index (χ3n) is 2.72. The Morgan fingerprint density at radius 3 is 2.78 bits per heavy atom. The van der Waals surface area contributed by atoms with E-state index in [1.807, 2.05) is 12.1 Å². The minimum Gasteiger partial charge on any atom is -0.313 e. The zero-order chi connectivity index (χ0) is 13.0. The molecule has 0 saturated carbocycles. The molecular formula is C14H15BrClNS. The molecule has 1 N–H and O–H groups in total. The molecule has 1 aromatic heterocycles.